The molecule has 0 saturated heterocycles. The Balaban J connectivity index is 3.04. The van der Waals surface area contributed by atoms with E-state index in [4.69, 9.17) is 46.4 Å². The fourth-order valence-electron chi connectivity index (χ4n) is 1.47. The number of hydrogen-bond donors (Lipinski definition) is 0. The summed E-state index contributed by atoms with van der Waals surface area (Å²) >= 11 is 22.4. The van der Waals surface area contributed by atoms with Gasteiger partial charge in [-0.05, 0) is 19.3 Å². The number of halogens is 4. The molecule has 0 atom stereocenters. The molecule has 0 spiro atoms. The van der Waals surface area contributed by atoms with Gasteiger partial charge < -0.3 is 0 Å². The van der Waals surface area contributed by atoms with E-state index in [0.29, 0.717) is 0 Å². The highest BCUT2D eigenvalue weighted by molar-refractivity contribution is 6.45. The maximum atomic E-state index is 5.64. The summed E-state index contributed by atoms with van der Waals surface area (Å²) in [7, 11) is 0. The van der Waals surface area contributed by atoms with Gasteiger partial charge in [-0.15, -0.1) is 46.4 Å². The van der Waals surface area contributed by atoms with Crippen LogP contribution in [0.4, 0.5) is 0 Å². The molecule has 0 radical (unpaired) electrons. The molecule has 0 fully saturated rings. The molecule has 0 N–H and O–H groups in total. The Morgan fingerprint density at radius 3 is 1.88 bits per heavy atom. The van der Waals surface area contributed by atoms with Crippen LogP contribution < -0.4 is 0 Å². The summed E-state index contributed by atoms with van der Waals surface area (Å²) < 4.78 is 0. The quantitative estimate of drug-likeness (QED) is 0.253. The second kappa shape index (κ2) is 12.4. The van der Waals surface area contributed by atoms with Crippen molar-refractivity contribution < 1.29 is 0 Å². The molecule has 0 aromatic rings. The minimum Gasteiger partial charge on any atom is -0.105 e. The van der Waals surface area contributed by atoms with Gasteiger partial charge in [0.05, 0.1) is 0 Å². The fraction of sp³-hybridized carbons (Fsp3) is 0.833. The first-order chi connectivity index (χ1) is 7.63. The Hall–Kier alpha value is 0.900. The smallest absolute Gasteiger partial charge is 0.105 e. The third-order valence-electron chi connectivity index (χ3n) is 2.32. The summed E-state index contributed by atoms with van der Waals surface area (Å²) in [4.78, 5) is -0.553. The Kier molecular flexibility index (Phi) is 13.1. The van der Waals surface area contributed by atoms with E-state index in [9.17, 15) is 0 Å². The lowest BCUT2D eigenvalue weighted by Crippen LogP contribution is -1.87. The van der Waals surface area contributed by atoms with E-state index in [0.717, 1.165) is 19.3 Å². The lowest BCUT2D eigenvalue weighted by Gasteiger charge is -2.01. The number of rotatable bonds is 10. The van der Waals surface area contributed by atoms with Crippen molar-refractivity contribution in [1.82, 2.24) is 0 Å². The van der Waals surface area contributed by atoms with Crippen molar-refractivity contribution in [3.05, 3.63) is 12.2 Å². The Morgan fingerprint density at radius 1 is 0.750 bits per heavy atom. The van der Waals surface area contributed by atoms with Gasteiger partial charge in [-0.2, -0.15) is 0 Å². The van der Waals surface area contributed by atoms with Gasteiger partial charge in [-0.1, -0.05) is 44.3 Å². The minimum atomic E-state index is -0.362. The normalized spacial score (nSPS) is 12.1. The van der Waals surface area contributed by atoms with Crippen LogP contribution in [-0.4, -0.2) is 9.67 Å². The molecule has 0 aromatic heterocycles. The molecule has 0 aromatic carbocycles. The highest BCUT2D eigenvalue weighted by atomic mass is 35.5. The molecule has 0 aliphatic rings. The van der Waals surface area contributed by atoms with Crippen molar-refractivity contribution in [2.24, 2.45) is 0 Å². The Bertz CT molecular complexity index is 166. The summed E-state index contributed by atoms with van der Waals surface area (Å²) in [5.41, 5.74) is 0. The molecule has 0 amide bonds. The zero-order valence-corrected chi connectivity index (χ0v) is 12.5. The average Bonchev–Trinajstić information content (AvgIpc) is 2.20. The average molecular weight is 306 g/mol. The summed E-state index contributed by atoms with van der Waals surface area (Å²) in [6.07, 6.45) is 13.3. The van der Waals surface area contributed by atoms with Crippen LogP contribution >= 0.6 is 46.4 Å². The summed E-state index contributed by atoms with van der Waals surface area (Å²) in [5, 5.41) is 0. The topological polar surface area (TPSA) is 0 Å². The van der Waals surface area contributed by atoms with Crippen molar-refractivity contribution in [1.29, 1.82) is 0 Å². The molecule has 16 heavy (non-hydrogen) atoms. The molecule has 0 rings (SSSR count). The first kappa shape index (κ1) is 16.9. The highest BCUT2D eigenvalue weighted by Crippen LogP contribution is 2.14. The van der Waals surface area contributed by atoms with Gasteiger partial charge in [0.25, 0.3) is 0 Å². The maximum Gasteiger partial charge on any atom is 0.125 e. The number of unbranched alkanes of at least 4 members (excludes halogenated alkanes) is 6. The summed E-state index contributed by atoms with van der Waals surface area (Å²) in [6.45, 7) is 0. The van der Waals surface area contributed by atoms with Crippen LogP contribution in [-0.2, 0) is 0 Å². The number of hydrogen-bond acceptors (Lipinski definition) is 0. The standard InChI is InChI=1S/C12H20Cl4/c13-11(14)9-7-5-3-1-2-4-6-8-10-12(15)16/h7,9,11-12H,1-6,8,10H2. The predicted molar refractivity (Wildman–Crippen MR) is 77.1 cm³/mol. The van der Waals surface area contributed by atoms with Crippen LogP contribution in [0.3, 0.4) is 0 Å². The lowest BCUT2D eigenvalue weighted by molar-refractivity contribution is 0.589. The van der Waals surface area contributed by atoms with Gasteiger partial charge in [0.15, 0.2) is 0 Å². The molecule has 96 valence electrons. The molecule has 4 heteroatoms. The lowest BCUT2D eigenvalue weighted by atomic mass is 10.1. The molecular weight excluding hydrogens is 286 g/mol. The number of alkyl halides is 4. The molecule has 0 bridgehead atoms. The van der Waals surface area contributed by atoms with Crippen LogP contribution in [0.25, 0.3) is 0 Å². The van der Waals surface area contributed by atoms with Gasteiger partial charge in [0, 0.05) is 0 Å². The molecule has 0 aliphatic heterocycles. The van der Waals surface area contributed by atoms with Gasteiger partial charge in [0.1, 0.15) is 9.67 Å². The monoisotopic (exact) mass is 304 g/mol. The van der Waals surface area contributed by atoms with E-state index in [1.165, 1.54) is 32.1 Å². The first-order valence-electron chi connectivity index (χ1n) is 5.86. The molecule has 0 heterocycles. The van der Waals surface area contributed by atoms with Crippen molar-refractivity contribution in [2.75, 3.05) is 0 Å². The van der Waals surface area contributed by atoms with E-state index in [-0.39, 0.29) is 9.67 Å². The second-order valence-electron chi connectivity index (χ2n) is 3.85. The Morgan fingerprint density at radius 2 is 1.31 bits per heavy atom. The molecule has 0 saturated carbocycles. The van der Waals surface area contributed by atoms with Crippen LogP contribution in [0.5, 0.6) is 0 Å². The van der Waals surface area contributed by atoms with E-state index in [2.05, 4.69) is 6.08 Å². The number of allylic oxidation sites excluding steroid dienone is 2. The molecule has 0 aliphatic carbocycles. The van der Waals surface area contributed by atoms with E-state index >= 15 is 0 Å². The van der Waals surface area contributed by atoms with Crippen molar-refractivity contribution >= 4 is 46.4 Å². The maximum absolute atomic E-state index is 5.64. The predicted octanol–water partition coefficient (Wildman–Crippen LogP) is 6.27. The Labute approximate surface area is 119 Å². The van der Waals surface area contributed by atoms with Crippen LogP contribution in [0, 0.1) is 0 Å². The SMILES string of the molecule is ClC(Cl)C=CCCCCCCCCC(Cl)Cl. The van der Waals surface area contributed by atoms with E-state index < -0.39 is 0 Å². The summed E-state index contributed by atoms with van der Waals surface area (Å²) in [5.74, 6) is 0. The summed E-state index contributed by atoms with van der Waals surface area (Å²) in [6, 6.07) is 0. The zero-order chi connectivity index (χ0) is 12.2. The molecular formula is C12H20Cl4. The largest absolute Gasteiger partial charge is 0.125 e. The van der Waals surface area contributed by atoms with Gasteiger partial charge >= 0.3 is 0 Å². The van der Waals surface area contributed by atoms with Crippen LogP contribution in [0.2, 0.25) is 0 Å². The first-order valence-corrected chi connectivity index (χ1v) is 7.60. The zero-order valence-electron chi connectivity index (χ0n) is 9.48. The van der Waals surface area contributed by atoms with E-state index in [1.54, 1.807) is 0 Å². The van der Waals surface area contributed by atoms with Crippen LogP contribution in [0.15, 0.2) is 12.2 Å². The third-order valence-corrected chi connectivity index (χ3v) is 3.05. The van der Waals surface area contributed by atoms with Gasteiger partial charge in [-0.25, -0.2) is 0 Å². The van der Waals surface area contributed by atoms with Gasteiger partial charge in [0.2, 0.25) is 0 Å². The minimum absolute atomic E-state index is 0.191. The molecule has 0 nitrogen and oxygen atoms in total. The van der Waals surface area contributed by atoms with Crippen molar-refractivity contribution in [3.8, 4) is 0 Å². The highest BCUT2D eigenvalue weighted by Gasteiger charge is 1.97. The third kappa shape index (κ3) is 14.9. The van der Waals surface area contributed by atoms with E-state index in [1.807, 2.05) is 6.08 Å². The van der Waals surface area contributed by atoms with Crippen LogP contribution in [0.1, 0.15) is 51.4 Å². The van der Waals surface area contributed by atoms with Gasteiger partial charge in [-0.3, -0.25) is 0 Å². The van der Waals surface area contributed by atoms with Crippen molar-refractivity contribution in [2.45, 2.75) is 61.0 Å². The molecule has 0 unspecified atom stereocenters. The fourth-order valence-corrected chi connectivity index (χ4v) is 1.98. The van der Waals surface area contributed by atoms with Crippen molar-refractivity contribution in [3.63, 3.8) is 0 Å². The second-order valence-corrected chi connectivity index (χ2v) is 6.29.